The van der Waals surface area contributed by atoms with Gasteiger partial charge in [-0.3, -0.25) is 4.79 Å². The van der Waals surface area contributed by atoms with Crippen molar-refractivity contribution in [2.45, 2.75) is 13.3 Å². The summed E-state index contributed by atoms with van der Waals surface area (Å²) in [6.45, 7) is 2.48. The SMILES string of the molecule is CCCN(CC#N)C(=O)c1cc(OC)c(OC)cc1OC. The van der Waals surface area contributed by atoms with Gasteiger partial charge < -0.3 is 19.1 Å². The molecule has 1 rings (SSSR count). The number of hydrogen-bond acceptors (Lipinski definition) is 5. The maximum atomic E-state index is 12.6. The van der Waals surface area contributed by atoms with E-state index in [1.54, 1.807) is 12.1 Å². The van der Waals surface area contributed by atoms with Crippen molar-refractivity contribution in [3.05, 3.63) is 17.7 Å². The molecule has 0 fully saturated rings. The number of nitriles is 1. The molecule has 0 atom stereocenters. The summed E-state index contributed by atoms with van der Waals surface area (Å²) in [4.78, 5) is 14.0. The van der Waals surface area contributed by atoms with E-state index in [4.69, 9.17) is 19.5 Å². The number of nitrogens with zero attached hydrogens (tertiary/aromatic N) is 2. The number of ether oxygens (including phenoxy) is 3. The van der Waals surface area contributed by atoms with E-state index in [9.17, 15) is 4.79 Å². The lowest BCUT2D eigenvalue weighted by atomic mass is 10.1. The molecule has 0 aromatic heterocycles. The molecule has 1 aromatic rings. The first-order valence-corrected chi connectivity index (χ1v) is 6.59. The van der Waals surface area contributed by atoms with Crippen LogP contribution in [0.2, 0.25) is 0 Å². The van der Waals surface area contributed by atoms with E-state index in [2.05, 4.69) is 0 Å². The molecule has 0 saturated carbocycles. The zero-order valence-electron chi connectivity index (χ0n) is 12.8. The predicted octanol–water partition coefficient (Wildman–Crippen LogP) is 2.09. The number of benzene rings is 1. The molecular weight excluding hydrogens is 272 g/mol. The molecule has 0 radical (unpaired) electrons. The Hall–Kier alpha value is -2.42. The van der Waals surface area contributed by atoms with Gasteiger partial charge in [-0.25, -0.2) is 0 Å². The van der Waals surface area contributed by atoms with Crippen LogP contribution in [-0.4, -0.2) is 45.2 Å². The average Bonchev–Trinajstić information content (AvgIpc) is 2.52. The van der Waals surface area contributed by atoms with Gasteiger partial charge in [-0.15, -0.1) is 0 Å². The van der Waals surface area contributed by atoms with E-state index < -0.39 is 0 Å². The van der Waals surface area contributed by atoms with Gasteiger partial charge in [0.1, 0.15) is 12.3 Å². The minimum atomic E-state index is -0.267. The van der Waals surface area contributed by atoms with E-state index in [0.717, 1.165) is 6.42 Å². The molecule has 6 nitrogen and oxygen atoms in total. The quantitative estimate of drug-likeness (QED) is 0.720. The number of amides is 1. The third-order valence-electron chi connectivity index (χ3n) is 2.98. The van der Waals surface area contributed by atoms with Crippen molar-refractivity contribution < 1.29 is 19.0 Å². The summed E-state index contributed by atoms with van der Waals surface area (Å²) in [5.41, 5.74) is 0.346. The van der Waals surface area contributed by atoms with E-state index in [-0.39, 0.29) is 12.5 Å². The summed E-state index contributed by atoms with van der Waals surface area (Å²) < 4.78 is 15.6. The van der Waals surface area contributed by atoms with E-state index in [0.29, 0.717) is 29.4 Å². The van der Waals surface area contributed by atoms with E-state index >= 15 is 0 Å². The second kappa shape index (κ2) is 8.00. The predicted molar refractivity (Wildman–Crippen MR) is 77.9 cm³/mol. The smallest absolute Gasteiger partial charge is 0.258 e. The number of rotatable bonds is 7. The Morgan fingerprint density at radius 3 is 2.19 bits per heavy atom. The Balaban J connectivity index is 3.26. The van der Waals surface area contributed by atoms with Crippen molar-refractivity contribution in [2.24, 2.45) is 0 Å². The van der Waals surface area contributed by atoms with Crippen molar-refractivity contribution in [1.82, 2.24) is 4.90 Å². The van der Waals surface area contributed by atoms with Crippen LogP contribution in [-0.2, 0) is 0 Å². The molecule has 0 unspecified atom stereocenters. The zero-order chi connectivity index (χ0) is 15.8. The summed E-state index contributed by atoms with van der Waals surface area (Å²) in [5.74, 6) is 1.04. The van der Waals surface area contributed by atoms with Gasteiger partial charge in [-0.1, -0.05) is 6.92 Å². The number of methoxy groups -OCH3 is 3. The molecule has 21 heavy (non-hydrogen) atoms. The van der Waals surface area contributed by atoms with Crippen LogP contribution in [0.5, 0.6) is 17.2 Å². The topological polar surface area (TPSA) is 71.8 Å². The molecule has 0 bridgehead atoms. The van der Waals surface area contributed by atoms with Crippen LogP contribution in [0.15, 0.2) is 12.1 Å². The normalized spacial score (nSPS) is 9.67. The van der Waals surface area contributed by atoms with Gasteiger partial charge in [0, 0.05) is 18.7 Å². The maximum Gasteiger partial charge on any atom is 0.258 e. The monoisotopic (exact) mass is 292 g/mol. The molecule has 1 amide bonds. The molecule has 0 N–H and O–H groups in total. The lowest BCUT2D eigenvalue weighted by Crippen LogP contribution is -2.32. The van der Waals surface area contributed by atoms with Gasteiger partial charge >= 0.3 is 0 Å². The highest BCUT2D eigenvalue weighted by Gasteiger charge is 2.22. The third kappa shape index (κ3) is 3.78. The Morgan fingerprint density at radius 2 is 1.71 bits per heavy atom. The van der Waals surface area contributed by atoms with Crippen LogP contribution in [0.4, 0.5) is 0 Å². The lowest BCUT2D eigenvalue weighted by Gasteiger charge is -2.21. The lowest BCUT2D eigenvalue weighted by molar-refractivity contribution is 0.0772. The average molecular weight is 292 g/mol. The Morgan fingerprint density at radius 1 is 1.14 bits per heavy atom. The molecule has 1 aromatic carbocycles. The second-order valence-electron chi connectivity index (χ2n) is 4.29. The minimum absolute atomic E-state index is 0.0319. The largest absolute Gasteiger partial charge is 0.496 e. The van der Waals surface area contributed by atoms with Crippen molar-refractivity contribution in [3.63, 3.8) is 0 Å². The summed E-state index contributed by atoms with van der Waals surface area (Å²) >= 11 is 0. The highest BCUT2D eigenvalue weighted by atomic mass is 16.5. The first-order valence-electron chi connectivity index (χ1n) is 6.59. The van der Waals surface area contributed by atoms with Crippen LogP contribution < -0.4 is 14.2 Å². The molecule has 0 aliphatic carbocycles. The molecule has 0 aliphatic heterocycles. The van der Waals surface area contributed by atoms with E-state index in [1.807, 2.05) is 13.0 Å². The Kier molecular flexibility index (Phi) is 6.34. The molecule has 0 heterocycles. The van der Waals surface area contributed by atoms with Gasteiger partial charge in [0.2, 0.25) is 0 Å². The Labute approximate surface area is 124 Å². The minimum Gasteiger partial charge on any atom is -0.496 e. The van der Waals surface area contributed by atoms with Gasteiger partial charge in [-0.05, 0) is 6.42 Å². The fraction of sp³-hybridized carbons (Fsp3) is 0.467. The summed E-state index contributed by atoms with van der Waals surface area (Å²) in [5, 5.41) is 8.85. The number of hydrogen-bond donors (Lipinski definition) is 0. The fourth-order valence-electron chi connectivity index (χ4n) is 1.97. The number of carbonyl (C=O) groups is 1. The van der Waals surface area contributed by atoms with Crippen LogP contribution in [0.1, 0.15) is 23.7 Å². The summed E-state index contributed by atoms with van der Waals surface area (Å²) in [7, 11) is 4.49. The van der Waals surface area contributed by atoms with Crippen molar-refractivity contribution >= 4 is 5.91 Å². The zero-order valence-corrected chi connectivity index (χ0v) is 12.8. The third-order valence-corrected chi connectivity index (χ3v) is 2.98. The fourth-order valence-corrected chi connectivity index (χ4v) is 1.97. The highest BCUT2D eigenvalue weighted by molar-refractivity contribution is 5.98. The molecule has 0 spiro atoms. The first kappa shape index (κ1) is 16.6. The Bertz CT molecular complexity index is 537. The molecule has 114 valence electrons. The van der Waals surface area contributed by atoms with Crippen LogP contribution in [0, 0.1) is 11.3 Å². The molecule has 6 heteroatoms. The highest BCUT2D eigenvalue weighted by Crippen LogP contribution is 2.35. The molecule has 0 aliphatic rings. The van der Waals surface area contributed by atoms with Crippen molar-refractivity contribution in [3.8, 4) is 23.3 Å². The van der Waals surface area contributed by atoms with Gasteiger partial charge in [0.05, 0.1) is 33.0 Å². The first-order chi connectivity index (χ1) is 10.1. The van der Waals surface area contributed by atoms with Crippen LogP contribution >= 0.6 is 0 Å². The second-order valence-corrected chi connectivity index (χ2v) is 4.29. The summed E-state index contributed by atoms with van der Waals surface area (Å²) in [6.07, 6.45) is 0.767. The van der Waals surface area contributed by atoms with Crippen LogP contribution in [0.3, 0.4) is 0 Å². The summed E-state index contributed by atoms with van der Waals surface area (Å²) in [6, 6.07) is 5.17. The maximum absolute atomic E-state index is 12.6. The van der Waals surface area contributed by atoms with E-state index in [1.165, 1.54) is 26.2 Å². The van der Waals surface area contributed by atoms with Crippen LogP contribution in [0.25, 0.3) is 0 Å². The van der Waals surface area contributed by atoms with Crippen molar-refractivity contribution in [2.75, 3.05) is 34.4 Å². The van der Waals surface area contributed by atoms with Gasteiger partial charge in [0.25, 0.3) is 5.91 Å². The van der Waals surface area contributed by atoms with Gasteiger partial charge in [0.15, 0.2) is 11.5 Å². The standard InChI is InChI=1S/C15H20N2O4/c1-5-7-17(8-6-16)15(18)11-9-13(20-3)14(21-4)10-12(11)19-2/h9-10H,5,7-8H2,1-4H3. The van der Waals surface area contributed by atoms with Crippen molar-refractivity contribution in [1.29, 1.82) is 5.26 Å². The molecule has 0 saturated heterocycles. The molecular formula is C15H20N2O4. The van der Waals surface area contributed by atoms with Gasteiger partial charge in [-0.2, -0.15) is 5.26 Å². The number of carbonyl (C=O) groups excluding carboxylic acids is 1.